The summed E-state index contributed by atoms with van der Waals surface area (Å²) < 4.78 is 15.1. The van der Waals surface area contributed by atoms with E-state index in [4.69, 9.17) is 16.7 Å². The van der Waals surface area contributed by atoms with Gasteiger partial charge in [0, 0.05) is 12.7 Å². The van der Waals surface area contributed by atoms with Crippen LogP contribution < -0.4 is 5.32 Å². The fourth-order valence-electron chi connectivity index (χ4n) is 2.99. The second kappa shape index (κ2) is 9.59. The molecule has 1 aromatic carbocycles. The third-order valence-corrected chi connectivity index (χ3v) is 5.83. The van der Waals surface area contributed by atoms with E-state index in [1.165, 1.54) is 12.1 Å². The summed E-state index contributed by atoms with van der Waals surface area (Å²) in [5, 5.41) is 22.2. The maximum absolute atomic E-state index is 13.2. The molecule has 3 N–H and O–H groups in total. The number of rotatable bonds is 8. The summed E-state index contributed by atoms with van der Waals surface area (Å²) in [6.45, 7) is 4.02. The lowest BCUT2D eigenvalue weighted by Crippen LogP contribution is -2.17. The summed E-state index contributed by atoms with van der Waals surface area (Å²) in [6, 6.07) is 7.51. The smallest absolute Gasteiger partial charge is 0.309 e. The Labute approximate surface area is 187 Å². The predicted octanol–water partition coefficient (Wildman–Crippen LogP) is 4.35. The molecule has 0 aliphatic rings. The van der Waals surface area contributed by atoms with Crippen LogP contribution in [0.4, 0.5) is 9.52 Å². The van der Waals surface area contributed by atoms with Gasteiger partial charge in [0.05, 0.1) is 18.2 Å². The lowest BCUT2D eigenvalue weighted by atomic mass is 10.0. The molecule has 0 saturated carbocycles. The van der Waals surface area contributed by atoms with Crippen molar-refractivity contribution in [3.63, 3.8) is 0 Å². The SMILES string of the molecule is CC(C)C(O)c1cc(C(=O)Nc2nc(CC(=O)O)c(Cl)s2)n(Cc2ccc(F)cc2)c1. The van der Waals surface area contributed by atoms with Gasteiger partial charge in [-0.25, -0.2) is 9.37 Å². The van der Waals surface area contributed by atoms with Crippen LogP contribution in [0.2, 0.25) is 4.34 Å². The Hall–Kier alpha value is -2.75. The van der Waals surface area contributed by atoms with Crippen molar-refractivity contribution in [2.45, 2.75) is 32.9 Å². The molecule has 0 spiro atoms. The van der Waals surface area contributed by atoms with Crippen molar-refractivity contribution in [1.29, 1.82) is 0 Å². The number of hydrogen-bond acceptors (Lipinski definition) is 5. The van der Waals surface area contributed by atoms with Gasteiger partial charge in [0.25, 0.3) is 5.91 Å². The minimum Gasteiger partial charge on any atom is -0.481 e. The number of carboxylic acid groups (broad SMARTS) is 1. The highest BCUT2D eigenvalue weighted by Crippen LogP contribution is 2.29. The van der Waals surface area contributed by atoms with Gasteiger partial charge in [0.1, 0.15) is 15.8 Å². The first kappa shape index (κ1) is 22.9. The van der Waals surface area contributed by atoms with E-state index < -0.39 is 18.0 Å². The number of aromatic nitrogens is 2. The third kappa shape index (κ3) is 5.69. The van der Waals surface area contributed by atoms with Gasteiger partial charge in [0.15, 0.2) is 5.13 Å². The molecule has 7 nitrogen and oxygen atoms in total. The summed E-state index contributed by atoms with van der Waals surface area (Å²) in [5.74, 6) is -1.99. The first-order chi connectivity index (χ1) is 14.6. The molecular weight excluding hydrogens is 445 g/mol. The van der Waals surface area contributed by atoms with Crippen LogP contribution in [0.3, 0.4) is 0 Å². The van der Waals surface area contributed by atoms with E-state index in [0.717, 1.165) is 16.9 Å². The van der Waals surface area contributed by atoms with Gasteiger partial charge in [-0.3, -0.25) is 14.9 Å². The maximum atomic E-state index is 13.2. The summed E-state index contributed by atoms with van der Waals surface area (Å²) >= 11 is 6.99. The van der Waals surface area contributed by atoms with Crippen molar-refractivity contribution in [2.75, 3.05) is 5.32 Å². The molecule has 3 aromatic rings. The molecule has 2 heterocycles. The molecule has 0 saturated heterocycles. The number of aliphatic hydroxyl groups is 1. The largest absolute Gasteiger partial charge is 0.481 e. The Morgan fingerprint density at radius 3 is 2.58 bits per heavy atom. The summed E-state index contributed by atoms with van der Waals surface area (Å²) in [4.78, 5) is 27.9. The number of amides is 1. The molecule has 0 aliphatic heterocycles. The molecule has 0 aliphatic carbocycles. The average molecular weight is 466 g/mol. The second-order valence-corrected chi connectivity index (χ2v) is 8.97. The van der Waals surface area contributed by atoms with Gasteiger partial charge in [0.2, 0.25) is 0 Å². The number of aliphatic hydroxyl groups excluding tert-OH is 1. The topological polar surface area (TPSA) is 104 Å². The zero-order chi connectivity index (χ0) is 22.7. The highest BCUT2D eigenvalue weighted by Gasteiger charge is 2.22. The van der Waals surface area contributed by atoms with Crippen molar-refractivity contribution >= 4 is 39.9 Å². The number of carbonyl (C=O) groups excluding carboxylic acids is 1. The number of nitrogens with one attached hydrogen (secondary N) is 1. The van der Waals surface area contributed by atoms with E-state index in [-0.39, 0.29) is 45.6 Å². The number of aliphatic carboxylic acids is 1. The van der Waals surface area contributed by atoms with Crippen molar-refractivity contribution in [3.05, 3.63) is 69.2 Å². The standard InChI is InChI=1S/C21H21ClFN3O4S/c1-11(2)18(29)13-7-16(26(10-13)9-12-3-5-14(23)6-4-12)20(30)25-21-24-15(8-17(27)28)19(22)31-21/h3-7,10-11,18,29H,8-9H2,1-2H3,(H,27,28)(H,24,25,30). The van der Waals surface area contributed by atoms with Crippen LogP contribution in [-0.2, 0) is 17.8 Å². The molecule has 0 fully saturated rings. The monoisotopic (exact) mass is 465 g/mol. The lowest BCUT2D eigenvalue weighted by molar-refractivity contribution is -0.136. The zero-order valence-electron chi connectivity index (χ0n) is 16.8. The molecule has 164 valence electrons. The average Bonchev–Trinajstić information content (AvgIpc) is 3.26. The number of hydrogen-bond donors (Lipinski definition) is 3. The first-order valence-corrected chi connectivity index (χ1v) is 10.6. The number of nitrogens with zero attached hydrogens (tertiary/aromatic N) is 2. The van der Waals surface area contributed by atoms with Crippen LogP contribution in [0.25, 0.3) is 0 Å². The summed E-state index contributed by atoms with van der Waals surface area (Å²) in [5.41, 5.74) is 1.79. The van der Waals surface area contributed by atoms with Crippen molar-refractivity contribution in [1.82, 2.24) is 9.55 Å². The molecular formula is C21H21ClFN3O4S. The van der Waals surface area contributed by atoms with E-state index >= 15 is 0 Å². The van der Waals surface area contributed by atoms with Gasteiger partial charge < -0.3 is 14.8 Å². The van der Waals surface area contributed by atoms with Crippen LogP contribution in [0.15, 0.2) is 36.5 Å². The van der Waals surface area contributed by atoms with Gasteiger partial charge in [-0.1, -0.05) is 48.9 Å². The van der Waals surface area contributed by atoms with Crippen LogP contribution in [0, 0.1) is 11.7 Å². The predicted molar refractivity (Wildman–Crippen MR) is 116 cm³/mol. The van der Waals surface area contributed by atoms with Crippen LogP contribution in [-0.4, -0.2) is 31.6 Å². The molecule has 1 unspecified atom stereocenters. The molecule has 0 bridgehead atoms. The maximum Gasteiger partial charge on any atom is 0.309 e. The molecule has 31 heavy (non-hydrogen) atoms. The van der Waals surface area contributed by atoms with E-state index in [1.807, 2.05) is 13.8 Å². The molecule has 10 heteroatoms. The number of benzene rings is 1. The second-order valence-electron chi connectivity index (χ2n) is 7.37. The Bertz CT molecular complexity index is 1090. The van der Waals surface area contributed by atoms with E-state index in [9.17, 15) is 19.1 Å². The molecule has 3 rings (SSSR count). The van der Waals surface area contributed by atoms with Crippen molar-refractivity contribution < 1.29 is 24.2 Å². The Kier molecular flexibility index (Phi) is 7.09. The summed E-state index contributed by atoms with van der Waals surface area (Å²) in [7, 11) is 0. The van der Waals surface area contributed by atoms with E-state index in [2.05, 4.69) is 10.3 Å². The van der Waals surface area contributed by atoms with Gasteiger partial charge in [-0.05, 0) is 35.2 Å². The minimum atomic E-state index is -1.08. The lowest BCUT2D eigenvalue weighted by Gasteiger charge is -2.12. The Morgan fingerprint density at radius 1 is 1.29 bits per heavy atom. The van der Waals surface area contributed by atoms with Gasteiger partial charge in [-0.2, -0.15) is 0 Å². The molecule has 0 radical (unpaired) electrons. The molecule has 2 aromatic heterocycles. The minimum absolute atomic E-state index is 0.0612. The van der Waals surface area contributed by atoms with Crippen LogP contribution in [0.1, 0.15) is 47.3 Å². The van der Waals surface area contributed by atoms with Crippen molar-refractivity contribution in [3.8, 4) is 0 Å². The number of carboxylic acids is 1. The number of anilines is 1. The fourth-order valence-corrected chi connectivity index (χ4v) is 4.02. The molecule has 1 atom stereocenters. The van der Waals surface area contributed by atoms with Crippen LogP contribution >= 0.6 is 22.9 Å². The quantitative estimate of drug-likeness (QED) is 0.458. The zero-order valence-corrected chi connectivity index (χ0v) is 18.4. The Balaban J connectivity index is 1.89. The first-order valence-electron chi connectivity index (χ1n) is 9.45. The highest BCUT2D eigenvalue weighted by atomic mass is 35.5. The number of carbonyl (C=O) groups is 2. The van der Waals surface area contributed by atoms with E-state index in [1.54, 1.807) is 29.0 Å². The number of halogens is 2. The highest BCUT2D eigenvalue weighted by molar-refractivity contribution is 7.19. The van der Waals surface area contributed by atoms with Gasteiger partial charge in [-0.15, -0.1) is 0 Å². The van der Waals surface area contributed by atoms with Crippen molar-refractivity contribution in [2.24, 2.45) is 5.92 Å². The van der Waals surface area contributed by atoms with Crippen LogP contribution in [0.5, 0.6) is 0 Å². The molecule has 1 amide bonds. The fraction of sp³-hybridized carbons (Fsp3) is 0.286. The number of thiazole rings is 1. The Morgan fingerprint density at radius 2 is 1.97 bits per heavy atom. The third-order valence-electron chi connectivity index (χ3n) is 4.58. The van der Waals surface area contributed by atoms with E-state index in [0.29, 0.717) is 5.56 Å². The normalized spacial score (nSPS) is 12.2. The van der Waals surface area contributed by atoms with Gasteiger partial charge >= 0.3 is 5.97 Å². The summed E-state index contributed by atoms with van der Waals surface area (Å²) in [6.07, 6.45) is 0.572.